The van der Waals surface area contributed by atoms with Gasteiger partial charge in [0, 0.05) is 4.43 Å². The Labute approximate surface area is 99.7 Å². The molecule has 1 aromatic rings. The van der Waals surface area contributed by atoms with Crippen molar-refractivity contribution in [3.8, 4) is 5.75 Å². The third-order valence-corrected chi connectivity index (χ3v) is 3.38. The molecule has 0 fully saturated rings. The van der Waals surface area contributed by atoms with Crippen molar-refractivity contribution in [1.29, 1.82) is 0 Å². The fraction of sp³-hybridized carbons (Fsp3) is 0.500. The summed E-state index contributed by atoms with van der Waals surface area (Å²) in [5, 5.41) is 9.21. The van der Waals surface area contributed by atoms with Gasteiger partial charge in [-0.2, -0.15) is 0 Å². The molecule has 1 nitrogen and oxygen atoms in total. The Bertz CT molecular complexity index is 284. The number of hydrogen-bond donors (Lipinski definition) is 1. The molecule has 0 aromatic heterocycles. The Morgan fingerprint density at radius 3 is 2.07 bits per heavy atom. The summed E-state index contributed by atoms with van der Waals surface area (Å²) in [6, 6.07) is 7.56. The molecule has 1 N–H and O–H groups in total. The highest BCUT2D eigenvalue weighted by molar-refractivity contribution is 14.1. The number of aromatic hydroxyl groups is 1. The first-order valence-electron chi connectivity index (χ1n) is 4.80. The number of alkyl halides is 1. The van der Waals surface area contributed by atoms with Crippen LogP contribution < -0.4 is 0 Å². The summed E-state index contributed by atoms with van der Waals surface area (Å²) in [4.78, 5) is 0. The van der Waals surface area contributed by atoms with Gasteiger partial charge in [-0.25, -0.2) is 0 Å². The molecular formula is C12H17IO. The number of halogens is 1. The van der Waals surface area contributed by atoms with E-state index in [4.69, 9.17) is 0 Å². The van der Waals surface area contributed by atoms with Crippen molar-refractivity contribution in [2.75, 3.05) is 4.43 Å². The second kappa shape index (κ2) is 4.51. The van der Waals surface area contributed by atoms with Crippen molar-refractivity contribution in [3.05, 3.63) is 29.8 Å². The quantitative estimate of drug-likeness (QED) is 0.648. The van der Waals surface area contributed by atoms with Gasteiger partial charge in [-0.3, -0.25) is 0 Å². The van der Waals surface area contributed by atoms with E-state index >= 15 is 0 Å². The van der Waals surface area contributed by atoms with Crippen LogP contribution >= 0.6 is 22.6 Å². The maximum Gasteiger partial charge on any atom is 0.115 e. The summed E-state index contributed by atoms with van der Waals surface area (Å²) in [7, 11) is 0. The normalized spacial score (nSPS) is 14.0. The standard InChI is InChI=1S/C12H17IO/c1-12(2,3)11(8-13)9-4-6-10(14)7-5-9/h4-7,11,14H,8H2,1-3H3. The Kier molecular flexibility index (Phi) is 3.81. The fourth-order valence-electron chi connectivity index (χ4n) is 1.53. The van der Waals surface area contributed by atoms with Crippen molar-refractivity contribution >= 4 is 22.6 Å². The van der Waals surface area contributed by atoms with E-state index in [-0.39, 0.29) is 5.41 Å². The molecule has 0 amide bonds. The van der Waals surface area contributed by atoms with E-state index < -0.39 is 0 Å². The average Bonchev–Trinajstić information content (AvgIpc) is 2.07. The van der Waals surface area contributed by atoms with E-state index in [2.05, 4.69) is 43.4 Å². The van der Waals surface area contributed by atoms with Crippen molar-refractivity contribution in [2.45, 2.75) is 26.7 Å². The zero-order valence-electron chi connectivity index (χ0n) is 8.92. The fourth-order valence-corrected chi connectivity index (χ4v) is 3.36. The minimum atomic E-state index is 0.276. The number of rotatable bonds is 2. The van der Waals surface area contributed by atoms with Crippen LogP contribution in [0.15, 0.2) is 24.3 Å². The Morgan fingerprint density at radius 1 is 1.21 bits per heavy atom. The lowest BCUT2D eigenvalue weighted by atomic mass is 9.78. The molecule has 1 aromatic carbocycles. The molecule has 1 atom stereocenters. The molecule has 1 rings (SSSR count). The average molecular weight is 304 g/mol. The van der Waals surface area contributed by atoms with Gasteiger partial charge in [-0.15, -0.1) is 0 Å². The molecule has 0 spiro atoms. The second-order valence-corrected chi connectivity index (χ2v) is 5.55. The Hall–Kier alpha value is -0.250. The van der Waals surface area contributed by atoms with E-state index in [0.29, 0.717) is 11.7 Å². The molecule has 0 saturated carbocycles. The molecule has 2 heteroatoms. The van der Waals surface area contributed by atoms with Crippen LogP contribution in [0.4, 0.5) is 0 Å². The monoisotopic (exact) mass is 304 g/mol. The van der Waals surface area contributed by atoms with E-state index in [1.165, 1.54) is 5.56 Å². The molecule has 0 heterocycles. The first-order valence-corrected chi connectivity index (χ1v) is 6.32. The number of hydrogen-bond acceptors (Lipinski definition) is 1. The van der Waals surface area contributed by atoms with Crippen molar-refractivity contribution < 1.29 is 5.11 Å². The van der Waals surface area contributed by atoms with Gasteiger partial charge in [-0.05, 0) is 29.0 Å². The van der Waals surface area contributed by atoms with Crippen LogP contribution in [-0.2, 0) is 0 Å². The summed E-state index contributed by atoms with van der Waals surface area (Å²) >= 11 is 2.42. The molecule has 78 valence electrons. The van der Waals surface area contributed by atoms with Crippen molar-refractivity contribution in [2.24, 2.45) is 5.41 Å². The Morgan fingerprint density at radius 2 is 1.71 bits per heavy atom. The zero-order chi connectivity index (χ0) is 10.8. The third-order valence-electron chi connectivity index (χ3n) is 2.50. The van der Waals surface area contributed by atoms with Crippen LogP contribution in [0.3, 0.4) is 0 Å². The molecule has 0 aliphatic rings. The van der Waals surface area contributed by atoms with Crippen molar-refractivity contribution in [1.82, 2.24) is 0 Å². The molecule has 0 aliphatic carbocycles. The lowest BCUT2D eigenvalue weighted by Crippen LogP contribution is -2.19. The predicted molar refractivity (Wildman–Crippen MR) is 69.2 cm³/mol. The van der Waals surface area contributed by atoms with Crippen LogP contribution in [0, 0.1) is 5.41 Å². The zero-order valence-corrected chi connectivity index (χ0v) is 11.1. The van der Waals surface area contributed by atoms with Gasteiger partial charge < -0.3 is 5.11 Å². The summed E-state index contributed by atoms with van der Waals surface area (Å²) in [5.74, 6) is 0.888. The SMILES string of the molecule is CC(C)(C)C(CI)c1ccc(O)cc1. The van der Waals surface area contributed by atoms with E-state index in [9.17, 15) is 5.11 Å². The summed E-state index contributed by atoms with van der Waals surface area (Å²) in [6.45, 7) is 6.76. The molecule has 0 radical (unpaired) electrons. The molecule has 0 bridgehead atoms. The first-order chi connectivity index (χ1) is 6.45. The number of benzene rings is 1. The first kappa shape index (κ1) is 11.8. The van der Waals surface area contributed by atoms with Crippen molar-refractivity contribution in [3.63, 3.8) is 0 Å². The van der Waals surface area contributed by atoms with E-state index in [0.717, 1.165) is 4.43 Å². The van der Waals surface area contributed by atoms with Gasteiger partial charge in [0.15, 0.2) is 0 Å². The highest BCUT2D eigenvalue weighted by Crippen LogP contribution is 2.36. The molecule has 0 aliphatic heterocycles. The highest BCUT2D eigenvalue weighted by atomic mass is 127. The summed E-state index contributed by atoms with van der Waals surface area (Å²) < 4.78 is 1.10. The van der Waals surface area contributed by atoms with Gasteiger partial charge >= 0.3 is 0 Å². The molecule has 0 saturated heterocycles. The van der Waals surface area contributed by atoms with Crippen LogP contribution in [0.5, 0.6) is 5.75 Å². The van der Waals surface area contributed by atoms with Crippen LogP contribution in [0.25, 0.3) is 0 Å². The number of phenolic OH excluding ortho intramolecular Hbond substituents is 1. The topological polar surface area (TPSA) is 20.2 Å². The minimum absolute atomic E-state index is 0.276. The van der Waals surface area contributed by atoms with E-state index in [1.807, 2.05) is 12.1 Å². The Balaban J connectivity index is 2.96. The maximum atomic E-state index is 9.21. The molecular weight excluding hydrogens is 287 g/mol. The predicted octanol–water partition coefficient (Wildman–Crippen LogP) is 3.96. The van der Waals surface area contributed by atoms with Crippen LogP contribution in [0.2, 0.25) is 0 Å². The van der Waals surface area contributed by atoms with E-state index in [1.54, 1.807) is 12.1 Å². The molecule has 1 unspecified atom stereocenters. The van der Waals surface area contributed by atoms with Gasteiger partial charge in [0.25, 0.3) is 0 Å². The maximum absolute atomic E-state index is 9.21. The largest absolute Gasteiger partial charge is 0.508 e. The third kappa shape index (κ3) is 2.87. The lowest BCUT2D eigenvalue weighted by molar-refractivity contribution is 0.347. The van der Waals surface area contributed by atoms with Gasteiger partial charge in [0.1, 0.15) is 5.75 Å². The van der Waals surface area contributed by atoms with Crippen LogP contribution in [0.1, 0.15) is 32.3 Å². The van der Waals surface area contributed by atoms with Gasteiger partial charge in [0.2, 0.25) is 0 Å². The lowest BCUT2D eigenvalue weighted by Gasteiger charge is -2.29. The summed E-state index contributed by atoms with van der Waals surface area (Å²) in [5.41, 5.74) is 1.59. The molecule has 14 heavy (non-hydrogen) atoms. The summed E-state index contributed by atoms with van der Waals surface area (Å²) in [6.07, 6.45) is 0. The smallest absolute Gasteiger partial charge is 0.115 e. The van der Waals surface area contributed by atoms with Gasteiger partial charge in [0.05, 0.1) is 0 Å². The highest BCUT2D eigenvalue weighted by Gasteiger charge is 2.24. The minimum Gasteiger partial charge on any atom is -0.508 e. The van der Waals surface area contributed by atoms with Crippen LogP contribution in [-0.4, -0.2) is 9.53 Å². The number of phenols is 1. The second-order valence-electron chi connectivity index (χ2n) is 4.66. The van der Waals surface area contributed by atoms with Gasteiger partial charge in [-0.1, -0.05) is 55.5 Å².